The van der Waals surface area contributed by atoms with Gasteiger partial charge >= 0.3 is 0 Å². The third-order valence-corrected chi connectivity index (χ3v) is 3.53. The fourth-order valence-electron chi connectivity index (χ4n) is 2.25. The van der Waals surface area contributed by atoms with Gasteiger partial charge in [-0.3, -0.25) is 4.98 Å². The molecule has 2 nitrogen and oxygen atoms in total. The Morgan fingerprint density at radius 2 is 2.11 bits per heavy atom. The van der Waals surface area contributed by atoms with E-state index in [1.165, 1.54) is 16.5 Å². The molecule has 0 atom stereocenters. The van der Waals surface area contributed by atoms with Crippen molar-refractivity contribution >= 4 is 22.5 Å². The largest absolute Gasteiger partial charge is 0.361 e. The summed E-state index contributed by atoms with van der Waals surface area (Å²) in [6.45, 7) is 2.13. The van der Waals surface area contributed by atoms with Gasteiger partial charge in [0.2, 0.25) is 0 Å². The summed E-state index contributed by atoms with van der Waals surface area (Å²) in [6, 6.07) is 8.19. The molecule has 0 saturated carbocycles. The molecule has 0 radical (unpaired) electrons. The molecule has 3 rings (SSSR count). The highest BCUT2D eigenvalue weighted by molar-refractivity contribution is 6.34. The van der Waals surface area contributed by atoms with Crippen molar-refractivity contribution in [3.63, 3.8) is 0 Å². The van der Waals surface area contributed by atoms with Gasteiger partial charge in [-0.25, -0.2) is 0 Å². The zero-order chi connectivity index (χ0) is 12.5. The molecule has 0 amide bonds. The number of aromatic amines is 1. The van der Waals surface area contributed by atoms with E-state index in [1.807, 2.05) is 30.7 Å². The lowest BCUT2D eigenvalue weighted by atomic mass is 9.99. The molecule has 0 aliphatic heterocycles. The number of pyridine rings is 1. The third-order valence-electron chi connectivity index (χ3n) is 3.22. The number of benzene rings is 1. The Labute approximate surface area is 111 Å². The first-order chi connectivity index (χ1) is 8.79. The molecule has 0 bridgehead atoms. The molecule has 90 valence electrons. The highest BCUT2D eigenvalue weighted by Crippen LogP contribution is 2.33. The maximum Gasteiger partial charge on any atom is 0.0505 e. The molecule has 2 aromatic heterocycles. The van der Waals surface area contributed by atoms with Crippen molar-refractivity contribution in [3.05, 3.63) is 53.4 Å². The molecule has 0 unspecified atom stereocenters. The fourth-order valence-corrected chi connectivity index (χ4v) is 2.52. The number of aromatic nitrogens is 2. The number of aryl methyl sites for hydroxylation is 1. The van der Waals surface area contributed by atoms with Crippen LogP contribution in [0.25, 0.3) is 22.0 Å². The van der Waals surface area contributed by atoms with E-state index in [2.05, 4.69) is 29.0 Å². The summed E-state index contributed by atoms with van der Waals surface area (Å²) in [5.74, 6) is 0. The van der Waals surface area contributed by atoms with Crippen LogP contribution in [0.15, 0.2) is 42.9 Å². The van der Waals surface area contributed by atoms with Gasteiger partial charge in [0, 0.05) is 35.1 Å². The smallest absolute Gasteiger partial charge is 0.0505 e. The second-order valence-electron chi connectivity index (χ2n) is 4.28. The van der Waals surface area contributed by atoms with E-state index in [4.69, 9.17) is 11.6 Å². The van der Waals surface area contributed by atoms with Crippen molar-refractivity contribution in [1.82, 2.24) is 9.97 Å². The van der Waals surface area contributed by atoms with Crippen LogP contribution in [-0.4, -0.2) is 9.97 Å². The standard InChI is InChI=1S/C15H13ClN2/c1-2-10-9-17-5-4-12(10)13-7-11-3-6-18-15(11)8-14(13)16/h3-9,18H,2H2,1H3. The van der Waals surface area contributed by atoms with E-state index in [-0.39, 0.29) is 0 Å². The first-order valence-electron chi connectivity index (χ1n) is 5.99. The molecule has 3 aromatic rings. The highest BCUT2D eigenvalue weighted by atomic mass is 35.5. The second-order valence-corrected chi connectivity index (χ2v) is 4.69. The summed E-state index contributed by atoms with van der Waals surface area (Å²) in [6.07, 6.45) is 6.60. The molecule has 0 fully saturated rings. The topological polar surface area (TPSA) is 28.7 Å². The lowest BCUT2D eigenvalue weighted by Gasteiger charge is -2.09. The van der Waals surface area contributed by atoms with E-state index in [9.17, 15) is 0 Å². The van der Waals surface area contributed by atoms with Gasteiger partial charge in [0.05, 0.1) is 5.02 Å². The van der Waals surface area contributed by atoms with Crippen LogP contribution in [-0.2, 0) is 6.42 Å². The zero-order valence-corrected chi connectivity index (χ0v) is 10.8. The van der Waals surface area contributed by atoms with Crippen LogP contribution < -0.4 is 0 Å². The number of H-pyrrole nitrogens is 1. The molecule has 0 aliphatic carbocycles. The number of halogens is 1. The van der Waals surface area contributed by atoms with Crippen molar-refractivity contribution < 1.29 is 0 Å². The zero-order valence-electron chi connectivity index (χ0n) is 10.1. The Kier molecular flexibility index (Phi) is 2.80. The quantitative estimate of drug-likeness (QED) is 0.721. The molecule has 1 aromatic carbocycles. The number of rotatable bonds is 2. The fraction of sp³-hybridized carbons (Fsp3) is 0.133. The Balaban J connectivity index is 2.27. The van der Waals surface area contributed by atoms with Crippen molar-refractivity contribution in [2.45, 2.75) is 13.3 Å². The van der Waals surface area contributed by atoms with Gasteiger partial charge in [-0.05, 0) is 41.8 Å². The molecule has 2 heterocycles. The lowest BCUT2D eigenvalue weighted by Crippen LogP contribution is -1.89. The summed E-state index contributed by atoms with van der Waals surface area (Å²) >= 11 is 6.38. The molecule has 18 heavy (non-hydrogen) atoms. The van der Waals surface area contributed by atoms with E-state index < -0.39 is 0 Å². The average Bonchev–Trinajstić information content (AvgIpc) is 2.84. The predicted molar refractivity (Wildman–Crippen MR) is 75.9 cm³/mol. The van der Waals surface area contributed by atoms with E-state index in [1.54, 1.807) is 0 Å². The minimum Gasteiger partial charge on any atom is -0.361 e. The third kappa shape index (κ3) is 1.79. The number of hydrogen-bond donors (Lipinski definition) is 1. The first-order valence-corrected chi connectivity index (χ1v) is 6.37. The molecule has 0 saturated heterocycles. The van der Waals surface area contributed by atoms with Gasteiger partial charge in [-0.15, -0.1) is 0 Å². The van der Waals surface area contributed by atoms with Crippen LogP contribution in [0, 0.1) is 0 Å². The van der Waals surface area contributed by atoms with Crippen molar-refractivity contribution in [3.8, 4) is 11.1 Å². The van der Waals surface area contributed by atoms with Gasteiger partial charge in [0.15, 0.2) is 0 Å². The summed E-state index contributed by atoms with van der Waals surface area (Å²) < 4.78 is 0. The molecule has 0 spiro atoms. The van der Waals surface area contributed by atoms with Crippen molar-refractivity contribution in [1.29, 1.82) is 0 Å². The van der Waals surface area contributed by atoms with Crippen molar-refractivity contribution in [2.24, 2.45) is 0 Å². The number of hydrogen-bond acceptors (Lipinski definition) is 1. The van der Waals surface area contributed by atoms with Crippen LogP contribution in [0.2, 0.25) is 5.02 Å². The maximum atomic E-state index is 6.38. The monoisotopic (exact) mass is 256 g/mol. The first kappa shape index (κ1) is 11.3. The van der Waals surface area contributed by atoms with E-state index in [0.717, 1.165) is 22.5 Å². The van der Waals surface area contributed by atoms with Crippen LogP contribution in [0.1, 0.15) is 12.5 Å². The van der Waals surface area contributed by atoms with E-state index in [0.29, 0.717) is 0 Å². The second kappa shape index (κ2) is 4.46. The van der Waals surface area contributed by atoms with Gasteiger partial charge in [-0.1, -0.05) is 18.5 Å². The van der Waals surface area contributed by atoms with Gasteiger partial charge in [-0.2, -0.15) is 0 Å². The maximum absolute atomic E-state index is 6.38. The molecular weight excluding hydrogens is 244 g/mol. The van der Waals surface area contributed by atoms with E-state index >= 15 is 0 Å². The van der Waals surface area contributed by atoms with Crippen LogP contribution >= 0.6 is 11.6 Å². The minimum absolute atomic E-state index is 0.769. The number of fused-ring (bicyclic) bond motifs is 1. The summed E-state index contributed by atoms with van der Waals surface area (Å²) in [5, 5.41) is 1.94. The number of nitrogens with zero attached hydrogens (tertiary/aromatic N) is 1. The summed E-state index contributed by atoms with van der Waals surface area (Å²) in [4.78, 5) is 7.35. The highest BCUT2D eigenvalue weighted by Gasteiger charge is 2.09. The Morgan fingerprint density at radius 1 is 1.22 bits per heavy atom. The summed E-state index contributed by atoms with van der Waals surface area (Å²) in [7, 11) is 0. The van der Waals surface area contributed by atoms with Gasteiger partial charge in [0.25, 0.3) is 0 Å². The van der Waals surface area contributed by atoms with Crippen LogP contribution in [0.4, 0.5) is 0 Å². The minimum atomic E-state index is 0.769. The number of nitrogens with one attached hydrogen (secondary N) is 1. The van der Waals surface area contributed by atoms with Crippen molar-refractivity contribution in [2.75, 3.05) is 0 Å². The Bertz CT molecular complexity index is 701. The predicted octanol–water partition coefficient (Wildman–Crippen LogP) is 4.45. The molecular formula is C15H13ClN2. The average molecular weight is 257 g/mol. The van der Waals surface area contributed by atoms with Crippen LogP contribution in [0.5, 0.6) is 0 Å². The lowest BCUT2D eigenvalue weighted by molar-refractivity contribution is 1.11. The normalized spacial score (nSPS) is 11.0. The molecule has 0 aliphatic rings. The summed E-state index contributed by atoms with van der Waals surface area (Å²) in [5.41, 5.74) is 4.52. The van der Waals surface area contributed by atoms with Gasteiger partial charge < -0.3 is 4.98 Å². The van der Waals surface area contributed by atoms with Crippen LogP contribution in [0.3, 0.4) is 0 Å². The van der Waals surface area contributed by atoms with Gasteiger partial charge in [0.1, 0.15) is 0 Å². The Hall–Kier alpha value is -1.80. The molecule has 3 heteroatoms. The SMILES string of the molecule is CCc1cnccc1-c1cc2cc[nH]c2cc1Cl. The molecule has 1 N–H and O–H groups in total. The Morgan fingerprint density at radius 3 is 2.94 bits per heavy atom.